The first-order valence-corrected chi connectivity index (χ1v) is 9.27. The number of rotatable bonds is 9. The van der Waals surface area contributed by atoms with Gasteiger partial charge in [-0.1, -0.05) is 17.3 Å². The Balaban J connectivity index is 1.86. The van der Waals surface area contributed by atoms with Gasteiger partial charge in [-0.2, -0.15) is 4.98 Å². The van der Waals surface area contributed by atoms with Gasteiger partial charge in [-0.15, -0.1) is 0 Å². The SMILES string of the molecule is COc1cc(NCc2ccc(-c3noc(C)n3)cc2NCC(=O)O)cc(OC)c1C. The fourth-order valence-electron chi connectivity index (χ4n) is 3.01. The van der Waals surface area contributed by atoms with Crippen molar-refractivity contribution in [1.29, 1.82) is 0 Å². The average Bonchev–Trinajstić information content (AvgIpc) is 3.17. The molecular formula is C21H24N4O5. The Bertz CT molecular complexity index is 1020. The molecule has 0 atom stereocenters. The zero-order valence-electron chi connectivity index (χ0n) is 17.3. The molecule has 9 heteroatoms. The van der Waals surface area contributed by atoms with Gasteiger partial charge in [0.1, 0.15) is 18.0 Å². The number of methoxy groups -OCH3 is 2. The maximum Gasteiger partial charge on any atom is 0.322 e. The van der Waals surface area contributed by atoms with E-state index in [-0.39, 0.29) is 6.54 Å². The average molecular weight is 412 g/mol. The summed E-state index contributed by atoms with van der Waals surface area (Å²) < 4.78 is 15.9. The number of hydrogen-bond donors (Lipinski definition) is 3. The molecule has 0 aliphatic heterocycles. The number of carboxylic acids is 1. The number of aryl methyl sites for hydroxylation is 1. The van der Waals surface area contributed by atoms with Crippen LogP contribution >= 0.6 is 0 Å². The number of nitrogens with one attached hydrogen (secondary N) is 2. The zero-order chi connectivity index (χ0) is 21.7. The minimum atomic E-state index is -0.956. The number of benzene rings is 2. The molecule has 0 saturated carbocycles. The number of aliphatic carboxylic acids is 1. The van der Waals surface area contributed by atoms with Crippen molar-refractivity contribution >= 4 is 17.3 Å². The lowest BCUT2D eigenvalue weighted by molar-refractivity contribution is -0.134. The van der Waals surface area contributed by atoms with E-state index in [0.29, 0.717) is 35.4 Å². The normalized spacial score (nSPS) is 10.5. The van der Waals surface area contributed by atoms with Gasteiger partial charge in [-0.3, -0.25) is 4.79 Å². The van der Waals surface area contributed by atoms with Gasteiger partial charge in [0.05, 0.1) is 14.2 Å². The van der Waals surface area contributed by atoms with Crippen LogP contribution in [0.5, 0.6) is 11.5 Å². The van der Waals surface area contributed by atoms with Gasteiger partial charge in [0.25, 0.3) is 0 Å². The van der Waals surface area contributed by atoms with Crippen molar-refractivity contribution in [2.24, 2.45) is 0 Å². The molecule has 0 amide bonds. The smallest absolute Gasteiger partial charge is 0.322 e. The van der Waals surface area contributed by atoms with Crippen molar-refractivity contribution in [1.82, 2.24) is 10.1 Å². The summed E-state index contributed by atoms with van der Waals surface area (Å²) in [6, 6.07) is 9.34. The first-order chi connectivity index (χ1) is 14.4. The lowest BCUT2D eigenvalue weighted by atomic mass is 10.1. The molecule has 3 N–H and O–H groups in total. The Morgan fingerprint density at radius 3 is 2.37 bits per heavy atom. The summed E-state index contributed by atoms with van der Waals surface area (Å²) in [6.45, 7) is 3.87. The molecule has 0 spiro atoms. The number of carbonyl (C=O) groups is 1. The van der Waals surface area contributed by atoms with Crippen molar-refractivity contribution in [3.8, 4) is 22.9 Å². The van der Waals surface area contributed by atoms with Crippen LogP contribution in [0.2, 0.25) is 0 Å². The summed E-state index contributed by atoms with van der Waals surface area (Å²) in [7, 11) is 3.22. The van der Waals surface area contributed by atoms with Crippen LogP contribution in [-0.2, 0) is 11.3 Å². The maximum absolute atomic E-state index is 11.0. The lowest BCUT2D eigenvalue weighted by Gasteiger charge is -2.16. The van der Waals surface area contributed by atoms with E-state index in [0.717, 1.165) is 22.4 Å². The van der Waals surface area contributed by atoms with Crippen LogP contribution in [0.15, 0.2) is 34.9 Å². The van der Waals surface area contributed by atoms with Gasteiger partial charge in [-0.05, 0) is 18.6 Å². The third-order valence-corrected chi connectivity index (χ3v) is 4.56. The number of hydrogen-bond acceptors (Lipinski definition) is 8. The minimum Gasteiger partial charge on any atom is -0.496 e. The Morgan fingerprint density at radius 1 is 1.10 bits per heavy atom. The number of anilines is 2. The fourth-order valence-corrected chi connectivity index (χ4v) is 3.01. The number of carboxylic acid groups (broad SMARTS) is 1. The molecule has 9 nitrogen and oxygen atoms in total. The van der Waals surface area contributed by atoms with E-state index in [1.165, 1.54) is 0 Å². The van der Waals surface area contributed by atoms with Gasteiger partial charge in [-0.25, -0.2) is 0 Å². The number of ether oxygens (including phenoxy) is 2. The quantitative estimate of drug-likeness (QED) is 0.485. The summed E-state index contributed by atoms with van der Waals surface area (Å²) in [5, 5.41) is 19.3. The van der Waals surface area contributed by atoms with Gasteiger partial charge in [0, 0.05) is 48.1 Å². The molecule has 0 radical (unpaired) electrons. The van der Waals surface area contributed by atoms with Crippen LogP contribution in [-0.4, -0.2) is 42.0 Å². The third kappa shape index (κ3) is 4.80. The van der Waals surface area contributed by atoms with Crippen LogP contribution in [0, 0.1) is 13.8 Å². The van der Waals surface area contributed by atoms with E-state index in [1.807, 2.05) is 31.2 Å². The Morgan fingerprint density at radius 2 is 1.80 bits per heavy atom. The number of nitrogens with zero attached hydrogens (tertiary/aromatic N) is 2. The van der Waals surface area contributed by atoms with Gasteiger partial charge < -0.3 is 29.7 Å². The highest BCUT2D eigenvalue weighted by molar-refractivity contribution is 5.75. The molecule has 3 aromatic rings. The molecule has 0 fully saturated rings. The minimum absolute atomic E-state index is 0.214. The molecule has 30 heavy (non-hydrogen) atoms. The van der Waals surface area contributed by atoms with E-state index in [9.17, 15) is 4.79 Å². The van der Waals surface area contributed by atoms with Crippen LogP contribution in [0.4, 0.5) is 11.4 Å². The van der Waals surface area contributed by atoms with Crippen LogP contribution in [0.1, 0.15) is 17.0 Å². The summed E-state index contributed by atoms with van der Waals surface area (Å²) in [6.07, 6.45) is 0. The van der Waals surface area contributed by atoms with Crippen LogP contribution in [0.3, 0.4) is 0 Å². The Kier molecular flexibility index (Phi) is 6.41. The number of aromatic nitrogens is 2. The topological polar surface area (TPSA) is 119 Å². The fraction of sp³-hybridized carbons (Fsp3) is 0.286. The lowest BCUT2D eigenvalue weighted by Crippen LogP contribution is -2.14. The second kappa shape index (κ2) is 9.17. The van der Waals surface area contributed by atoms with E-state index in [2.05, 4.69) is 20.8 Å². The first kappa shape index (κ1) is 21.0. The monoisotopic (exact) mass is 412 g/mol. The van der Waals surface area contributed by atoms with Gasteiger partial charge in [0.15, 0.2) is 0 Å². The summed E-state index contributed by atoms with van der Waals surface area (Å²) >= 11 is 0. The summed E-state index contributed by atoms with van der Waals surface area (Å²) in [5.41, 5.74) is 3.99. The van der Waals surface area contributed by atoms with E-state index >= 15 is 0 Å². The van der Waals surface area contributed by atoms with Crippen LogP contribution in [0.25, 0.3) is 11.4 Å². The van der Waals surface area contributed by atoms with Crippen molar-refractivity contribution in [3.05, 3.63) is 47.3 Å². The molecule has 1 aromatic heterocycles. The standard InChI is InChI=1S/C21H24N4O5/c1-12-18(28-3)8-16(9-19(12)29-4)22-10-15-6-5-14(21-24-13(2)30-25-21)7-17(15)23-11-20(26)27/h5-9,22-23H,10-11H2,1-4H3,(H,26,27). The predicted octanol–water partition coefficient (Wildman–Crippen LogP) is 3.48. The maximum atomic E-state index is 11.0. The summed E-state index contributed by atoms with van der Waals surface area (Å²) in [4.78, 5) is 15.3. The summed E-state index contributed by atoms with van der Waals surface area (Å²) in [5.74, 6) is 1.37. The first-order valence-electron chi connectivity index (χ1n) is 9.27. The predicted molar refractivity (Wildman–Crippen MR) is 112 cm³/mol. The van der Waals surface area contributed by atoms with Crippen molar-refractivity contribution < 1.29 is 23.9 Å². The highest BCUT2D eigenvalue weighted by Crippen LogP contribution is 2.32. The molecule has 0 bridgehead atoms. The van der Waals surface area contributed by atoms with Crippen molar-refractivity contribution in [2.75, 3.05) is 31.4 Å². The van der Waals surface area contributed by atoms with Crippen LogP contribution < -0.4 is 20.1 Å². The molecular weight excluding hydrogens is 388 g/mol. The molecule has 2 aromatic carbocycles. The van der Waals surface area contributed by atoms with E-state index in [4.69, 9.17) is 19.1 Å². The van der Waals surface area contributed by atoms with E-state index in [1.54, 1.807) is 27.2 Å². The second-order valence-corrected chi connectivity index (χ2v) is 6.62. The molecule has 0 unspecified atom stereocenters. The largest absolute Gasteiger partial charge is 0.496 e. The van der Waals surface area contributed by atoms with Gasteiger partial charge in [0.2, 0.25) is 11.7 Å². The third-order valence-electron chi connectivity index (χ3n) is 4.56. The molecule has 3 rings (SSSR count). The van der Waals surface area contributed by atoms with E-state index < -0.39 is 5.97 Å². The molecule has 0 aliphatic carbocycles. The van der Waals surface area contributed by atoms with Gasteiger partial charge >= 0.3 is 5.97 Å². The Labute approximate surface area is 174 Å². The van der Waals surface area contributed by atoms with Crippen molar-refractivity contribution in [3.63, 3.8) is 0 Å². The Hall–Kier alpha value is -3.75. The second-order valence-electron chi connectivity index (χ2n) is 6.62. The molecule has 158 valence electrons. The highest BCUT2D eigenvalue weighted by Gasteiger charge is 2.12. The van der Waals surface area contributed by atoms with Crippen molar-refractivity contribution in [2.45, 2.75) is 20.4 Å². The molecule has 0 aliphatic rings. The molecule has 1 heterocycles. The molecule has 0 saturated heterocycles. The zero-order valence-corrected chi connectivity index (χ0v) is 17.3. The highest BCUT2D eigenvalue weighted by atomic mass is 16.5.